The van der Waals surface area contributed by atoms with Gasteiger partial charge in [0.1, 0.15) is 16.4 Å². The fourth-order valence-corrected chi connectivity index (χ4v) is 4.58. The lowest BCUT2D eigenvalue weighted by Gasteiger charge is -2.18. The molecule has 2 amide bonds. The van der Waals surface area contributed by atoms with Gasteiger partial charge in [0.05, 0.1) is 10.7 Å². The number of aryl methyl sites for hydroxylation is 2. The molecule has 0 radical (unpaired) electrons. The van der Waals surface area contributed by atoms with Crippen LogP contribution in [-0.2, 0) is 9.59 Å². The van der Waals surface area contributed by atoms with Gasteiger partial charge >= 0.3 is 0 Å². The van der Waals surface area contributed by atoms with Crippen LogP contribution in [0.1, 0.15) is 11.1 Å². The van der Waals surface area contributed by atoms with Crippen molar-refractivity contribution in [1.82, 2.24) is 0 Å². The first kappa shape index (κ1) is 22.4. The SMILES string of the molecule is Cc1ccc(SC2=C(Nc3ccc(F)c(Cl)c3)C(=O)N(c3ccc(Cl)cc3C)C2=O)cc1. The van der Waals surface area contributed by atoms with Crippen molar-refractivity contribution < 1.29 is 14.0 Å². The van der Waals surface area contributed by atoms with E-state index in [9.17, 15) is 14.0 Å². The number of hydrogen-bond acceptors (Lipinski definition) is 4. The number of anilines is 2. The minimum absolute atomic E-state index is 0.0921. The van der Waals surface area contributed by atoms with Crippen molar-refractivity contribution in [2.24, 2.45) is 0 Å². The van der Waals surface area contributed by atoms with Crippen LogP contribution in [0.15, 0.2) is 76.2 Å². The van der Waals surface area contributed by atoms with Crippen LogP contribution in [0, 0.1) is 19.7 Å². The zero-order chi connectivity index (χ0) is 23.0. The monoisotopic (exact) mass is 486 g/mol. The number of nitrogens with zero attached hydrogens (tertiary/aromatic N) is 1. The molecule has 0 unspecified atom stereocenters. The summed E-state index contributed by atoms with van der Waals surface area (Å²) < 4.78 is 13.6. The smallest absolute Gasteiger partial charge is 0.283 e. The summed E-state index contributed by atoms with van der Waals surface area (Å²) in [7, 11) is 0. The lowest BCUT2D eigenvalue weighted by Crippen LogP contribution is -2.33. The van der Waals surface area contributed by atoms with E-state index in [1.165, 1.54) is 30.0 Å². The number of nitrogens with one attached hydrogen (secondary N) is 1. The molecule has 0 bridgehead atoms. The van der Waals surface area contributed by atoms with Gasteiger partial charge in [-0.2, -0.15) is 0 Å². The molecule has 162 valence electrons. The third kappa shape index (κ3) is 4.39. The Hall–Kier alpha value is -2.80. The molecular weight excluding hydrogens is 470 g/mol. The lowest BCUT2D eigenvalue weighted by atomic mass is 10.2. The summed E-state index contributed by atoms with van der Waals surface area (Å²) in [5.41, 5.74) is 2.70. The minimum Gasteiger partial charge on any atom is -0.350 e. The number of halogens is 3. The first-order chi connectivity index (χ1) is 15.2. The van der Waals surface area contributed by atoms with E-state index in [4.69, 9.17) is 23.2 Å². The van der Waals surface area contributed by atoms with E-state index in [0.29, 0.717) is 22.0 Å². The lowest BCUT2D eigenvalue weighted by molar-refractivity contribution is -0.120. The van der Waals surface area contributed by atoms with E-state index < -0.39 is 17.6 Å². The van der Waals surface area contributed by atoms with Gasteiger partial charge in [-0.15, -0.1) is 0 Å². The maximum absolute atomic E-state index is 13.6. The van der Waals surface area contributed by atoms with E-state index in [0.717, 1.165) is 15.4 Å². The van der Waals surface area contributed by atoms with Gasteiger partial charge in [-0.25, -0.2) is 9.29 Å². The highest BCUT2D eigenvalue weighted by atomic mass is 35.5. The van der Waals surface area contributed by atoms with Crippen LogP contribution >= 0.6 is 35.0 Å². The summed E-state index contributed by atoms with van der Waals surface area (Å²) in [5.74, 6) is -1.55. The van der Waals surface area contributed by atoms with E-state index in [2.05, 4.69) is 5.32 Å². The average molecular weight is 487 g/mol. The predicted octanol–water partition coefficient (Wildman–Crippen LogP) is 6.74. The van der Waals surface area contributed by atoms with Crippen LogP contribution in [-0.4, -0.2) is 11.8 Å². The fraction of sp³-hybridized carbons (Fsp3) is 0.0833. The molecule has 0 saturated heterocycles. The summed E-state index contributed by atoms with van der Waals surface area (Å²) in [6.45, 7) is 3.74. The number of thioether (sulfide) groups is 1. The summed E-state index contributed by atoms with van der Waals surface area (Å²) in [4.78, 5) is 29.0. The van der Waals surface area contributed by atoms with Crippen molar-refractivity contribution in [3.05, 3.63) is 98.3 Å². The Morgan fingerprint density at radius 3 is 2.28 bits per heavy atom. The molecule has 4 rings (SSSR count). The Morgan fingerprint density at radius 2 is 1.62 bits per heavy atom. The molecule has 3 aromatic carbocycles. The molecule has 1 heterocycles. The van der Waals surface area contributed by atoms with Gasteiger partial charge in [-0.1, -0.05) is 52.7 Å². The zero-order valence-electron chi connectivity index (χ0n) is 17.1. The number of amides is 2. The Kier molecular flexibility index (Phi) is 6.29. The molecule has 4 nitrogen and oxygen atoms in total. The van der Waals surface area contributed by atoms with Gasteiger partial charge in [-0.3, -0.25) is 9.59 Å². The van der Waals surface area contributed by atoms with Gasteiger partial charge in [0.25, 0.3) is 11.8 Å². The van der Waals surface area contributed by atoms with Gasteiger partial charge in [0.2, 0.25) is 0 Å². The number of carbonyl (C=O) groups excluding carboxylic acids is 2. The van der Waals surface area contributed by atoms with Crippen molar-refractivity contribution in [2.45, 2.75) is 18.7 Å². The van der Waals surface area contributed by atoms with Crippen molar-refractivity contribution in [2.75, 3.05) is 10.2 Å². The third-order valence-electron chi connectivity index (χ3n) is 4.87. The minimum atomic E-state index is -0.576. The van der Waals surface area contributed by atoms with Gasteiger partial charge in [-0.05, 0) is 67.9 Å². The number of benzene rings is 3. The van der Waals surface area contributed by atoms with E-state index in [-0.39, 0.29) is 15.6 Å². The number of rotatable bonds is 5. The molecule has 3 aromatic rings. The second kappa shape index (κ2) is 8.98. The first-order valence-corrected chi connectivity index (χ1v) is 11.2. The second-order valence-corrected chi connectivity index (χ2v) is 9.18. The quantitative estimate of drug-likeness (QED) is 0.405. The highest BCUT2D eigenvalue weighted by Crippen LogP contribution is 2.39. The Morgan fingerprint density at radius 1 is 0.906 bits per heavy atom. The molecule has 32 heavy (non-hydrogen) atoms. The molecule has 0 saturated carbocycles. The largest absolute Gasteiger partial charge is 0.350 e. The van der Waals surface area contributed by atoms with Crippen LogP contribution in [0.3, 0.4) is 0 Å². The molecular formula is C24H17Cl2FN2O2S. The van der Waals surface area contributed by atoms with Crippen LogP contribution in [0.2, 0.25) is 10.0 Å². The molecule has 0 atom stereocenters. The van der Waals surface area contributed by atoms with Gasteiger partial charge in [0.15, 0.2) is 0 Å². The average Bonchev–Trinajstić information content (AvgIpc) is 2.97. The molecule has 0 aromatic heterocycles. The second-order valence-electron chi connectivity index (χ2n) is 7.25. The molecule has 1 N–H and O–H groups in total. The fourth-order valence-electron chi connectivity index (χ4n) is 3.25. The molecule has 0 fully saturated rings. The van der Waals surface area contributed by atoms with Crippen LogP contribution < -0.4 is 10.2 Å². The topological polar surface area (TPSA) is 49.4 Å². The van der Waals surface area contributed by atoms with Crippen molar-refractivity contribution in [1.29, 1.82) is 0 Å². The van der Waals surface area contributed by atoms with E-state index >= 15 is 0 Å². The van der Waals surface area contributed by atoms with Crippen LogP contribution in [0.25, 0.3) is 0 Å². The molecule has 0 spiro atoms. The molecule has 0 aliphatic carbocycles. The van der Waals surface area contributed by atoms with Gasteiger partial charge in [0, 0.05) is 15.6 Å². The van der Waals surface area contributed by atoms with Crippen molar-refractivity contribution >= 4 is 58.2 Å². The highest BCUT2D eigenvalue weighted by molar-refractivity contribution is 8.04. The molecule has 8 heteroatoms. The maximum Gasteiger partial charge on any atom is 0.283 e. The maximum atomic E-state index is 13.6. The predicted molar refractivity (Wildman–Crippen MR) is 128 cm³/mol. The molecule has 1 aliphatic rings. The number of imide groups is 1. The van der Waals surface area contributed by atoms with Crippen molar-refractivity contribution in [3.8, 4) is 0 Å². The standard InChI is InChI=1S/C24H17Cl2FN2O2S/c1-13-3-7-17(8-4-13)32-22-21(28-16-6-9-19(27)18(26)12-16)23(30)29(24(22)31)20-10-5-15(25)11-14(20)2/h3-12,28H,1-2H3. The number of carbonyl (C=O) groups is 2. The summed E-state index contributed by atoms with van der Waals surface area (Å²) in [6, 6.07) is 16.6. The zero-order valence-corrected chi connectivity index (χ0v) is 19.4. The van der Waals surface area contributed by atoms with Crippen molar-refractivity contribution in [3.63, 3.8) is 0 Å². The normalized spacial score (nSPS) is 13.8. The van der Waals surface area contributed by atoms with Crippen LogP contribution in [0.5, 0.6) is 0 Å². The molecule has 1 aliphatic heterocycles. The first-order valence-electron chi connectivity index (χ1n) is 9.60. The van der Waals surface area contributed by atoms with E-state index in [1.807, 2.05) is 31.2 Å². The van der Waals surface area contributed by atoms with E-state index in [1.54, 1.807) is 25.1 Å². The Bertz CT molecular complexity index is 1280. The van der Waals surface area contributed by atoms with Crippen LogP contribution in [0.4, 0.5) is 15.8 Å². The number of hydrogen-bond donors (Lipinski definition) is 1. The van der Waals surface area contributed by atoms with Gasteiger partial charge < -0.3 is 5.32 Å². The Labute approximate surface area is 199 Å². The highest BCUT2D eigenvalue weighted by Gasteiger charge is 2.40. The third-order valence-corrected chi connectivity index (χ3v) is 6.49. The summed E-state index contributed by atoms with van der Waals surface area (Å²) in [5, 5.41) is 3.39. The Balaban J connectivity index is 1.77. The summed E-state index contributed by atoms with van der Waals surface area (Å²) in [6.07, 6.45) is 0. The summed E-state index contributed by atoms with van der Waals surface area (Å²) >= 11 is 13.1.